The molecule has 0 bridgehead atoms. The van der Waals surface area contributed by atoms with Crippen LogP contribution in [0.2, 0.25) is 0 Å². The van der Waals surface area contributed by atoms with Crippen LogP contribution in [-0.2, 0) is 9.53 Å². The second-order valence-corrected chi connectivity index (χ2v) is 3.68. The van der Waals surface area contributed by atoms with Crippen molar-refractivity contribution in [1.29, 1.82) is 0 Å². The molecule has 1 fully saturated rings. The molecule has 1 aliphatic heterocycles. The first-order chi connectivity index (χ1) is 6.19. The van der Waals surface area contributed by atoms with Gasteiger partial charge in [0.2, 0.25) is 0 Å². The average molecular weight is 186 g/mol. The van der Waals surface area contributed by atoms with E-state index >= 15 is 0 Å². The number of rotatable bonds is 3. The highest BCUT2D eigenvalue weighted by Gasteiger charge is 2.32. The van der Waals surface area contributed by atoms with Gasteiger partial charge in [-0.1, -0.05) is 0 Å². The maximum absolute atomic E-state index is 11.3. The van der Waals surface area contributed by atoms with Gasteiger partial charge in [-0.05, 0) is 25.9 Å². The molecule has 2 N–H and O–H groups in total. The Morgan fingerprint density at radius 1 is 1.77 bits per heavy atom. The molecule has 1 saturated heterocycles. The summed E-state index contributed by atoms with van der Waals surface area (Å²) in [6, 6.07) is 0. The Bertz CT molecular complexity index is 184. The van der Waals surface area contributed by atoms with E-state index in [1.165, 1.54) is 7.11 Å². The molecule has 0 aromatic carbocycles. The molecule has 4 heteroatoms. The lowest BCUT2D eigenvalue weighted by Crippen LogP contribution is -2.33. The summed E-state index contributed by atoms with van der Waals surface area (Å²) >= 11 is 0. The minimum Gasteiger partial charge on any atom is -0.469 e. The lowest BCUT2D eigenvalue weighted by molar-refractivity contribution is -0.146. The minimum atomic E-state index is -0.164. The van der Waals surface area contributed by atoms with E-state index < -0.39 is 0 Å². The molecule has 4 nitrogen and oxygen atoms in total. The van der Waals surface area contributed by atoms with Crippen LogP contribution in [0.5, 0.6) is 0 Å². The van der Waals surface area contributed by atoms with Gasteiger partial charge in [0.15, 0.2) is 0 Å². The van der Waals surface area contributed by atoms with Crippen LogP contribution in [0.25, 0.3) is 0 Å². The molecule has 0 spiro atoms. The fraction of sp³-hybridized carbons (Fsp3) is 0.889. The van der Waals surface area contributed by atoms with Gasteiger partial charge in [0, 0.05) is 13.1 Å². The lowest BCUT2D eigenvalue weighted by Gasteiger charge is -2.18. The highest BCUT2D eigenvalue weighted by Crippen LogP contribution is 2.23. The monoisotopic (exact) mass is 186 g/mol. The van der Waals surface area contributed by atoms with Crippen molar-refractivity contribution in [3.63, 3.8) is 0 Å². The van der Waals surface area contributed by atoms with E-state index in [0.717, 1.165) is 19.5 Å². The van der Waals surface area contributed by atoms with Crippen molar-refractivity contribution in [2.24, 2.45) is 17.6 Å². The number of likely N-dealkylation sites (tertiary alicyclic amines) is 1. The summed E-state index contributed by atoms with van der Waals surface area (Å²) in [4.78, 5) is 13.5. The summed E-state index contributed by atoms with van der Waals surface area (Å²) in [6.07, 6.45) is 1.05. The molecular weight excluding hydrogens is 168 g/mol. The first-order valence-electron chi connectivity index (χ1n) is 4.65. The van der Waals surface area contributed by atoms with Crippen molar-refractivity contribution in [2.45, 2.75) is 6.42 Å². The summed E-state index contributed by atoms with van der Waals surface area (Å²) in [5.74, 6) is 0.0974. The first-order valence-corrected chi connectivity index (χ1v) is 4.65. The zero-order valence-corrected chi connectivity index (χ0v) is 8.32. The van der Waals surface area contributed by atoms with E-state index in [1.54, 1.807) is 0 Å². The van der Waals surface area contributed by atoms with Gasteiger partial charge in [0.25, 0.3) is 0 Å². The average Bonchev–Trinajstić information content (AvgIpc) is 2.53. The van der Waals surface area contributed by atoms with Gasteiger partial charge >= 0.3 is 5.97 Å². The number of nitrogens with zero attached hydrogens (tertiary/aromatic N) is 1. The fourth-order valence-corrected chi connectivity index (χ4v) is 1.93. The number of esters is 1. The fourth-order valence-electron chi connectivity index (χ4n) is 1.93. The van der Waals surface area contributed by atoms with Gasteiger partial charge in [0.1, 0.15) is 0 Å². The van der Waals surface area contributed by atoms with Gasteiger partial charge in [-0.25, -0.2) is 0 Å². The third-order valence-electron chi connectivity index (χ3n) is 2.75. The number of hydrogen-bond acceptors (Lipinski definition) is 4. The highest BCUT2D eigenvalue weighted by molar-refractivity contribution is 5.73. The maximum Gasteiger partial charge on any atom is 0.310 e. The topological polar surface area (TPSA) is 55.6 Å². The number of ether oxygens (including phenoxy) is 1. The molecule has 1 heterocycles. The van der Waals surface area contributed by atoms with E-state index in [9.17, 15) is 4.79 Å². The van der Waals surface area contributed by atoms with E-state index in [4.69, 9.17) is 10.5 Å². The number of nitrogens with two attached hydrogens (primary N) is 1. The van der Waals surface area contributed by atoms with Crippen LogP contribution in [0.1, 0.15) is 6.42 Å². The molecule has 0 radical (unpaired) electrons. The predicted octanol–water partition coefficient (Wildman–Crippen LogP) is -0.314. The van der Waals surface area contributed by atoms with E-state index in [-0.39, 0.29) is 11.9 Å². The Balaban J connectivity index is 2.51. The molecule has 2 unspecified atom stereocenters. The summed E-state index contributed by atoms with van der Waals surface area (Å²) in [5.41, 5.74) is 5.56. The standard InChI is InChI=1S/C9H18N2O2/c1-11-4-3-7(6-11)8(5-10)9(12)13-2/h7-8H,3-6,10H2,1-2H3. The molecule has 1 rings (SSSR count). The van der Waals surface area contributed by atoms with Crippen molar-refractivity contribution < 1.29 is 9.53 Å². The smallest absolute Gasteiger partial charge is 0.310 e. The van der Waals surface area contributed by atoms with Gasteiger partial charge < -0.3 is 15.4 Å². The van der Waals surface area contributed by atoms with Crippen LogP contribution in [0, 0.1) is 11.8 Å². The van der Waals surface area contributed by atoms with Crippen molar-refractivity contribution in [3.8, 4) is 0 Å². The van der Waals surface area contributed by atoms with Crippen LogP contribution >= 0.6 is 0 Å². The van der Waals surface area contributed by atoms with Gasteiger partial charge in [-0.3, -0.25) is 4.79 Å². The second-order valence-electron chi connectivity index (χ2n) is 3.68. The minimum absolute atomic E-state index is 0.116. The van der Waals surface area contributed by atoms with E-state index in [0.29, 0.717) is 12.5 Å². The van der Waals surface area contributed by atoms with Crippen LogP contribution in [-0.4, -0.2) is 44.7 Å². The molecule has 0 amide bonds. The molecule has 0 aromatic rings. The zero-order chi connectivity index (χ0) is 9.84. The molecule has 0 saturated carbocycles. The molecule has 2 atom stereocenters. The molecule has 76 valence electrons. The van der Waals surface area contributed by atoms with E-state index in [2.05, 4.69) is 11.9 Å². The predicted molar refractivity (Wildman–Crippen MR) is 50.2 cm³/mol. The number of carbonyl (C=O) groups is 1. The third kappa shape index (κ3) is 2.42. The number of carbonyl (C=O) groups excluding carboxylic acids is 1. The van der Waals surface area contributed by atoms with Crippen LogP contribution in [0.4, 0.5) is 0 Å². The van der Waals surface area contributed by atoms with E-state index in [1.807, 2.05) is 0 Å². The highest BCUT2D eigenvalue weighted by atomic mass is 16.5. The molecule has 1 aliphatic rings. The summed E-state index contributed by atoms with van der Waals surface area (Å²) < 4.78 is 4.71. The Kier molecular flexibility index (Phi) is 3.69. The number of methoxy groups -OCH3 is 1. The zero-order valence-electron chi connectivity index (χ0n) is 8.32. The number of hydrogen-bond donors (Lipinski definition) is 1. The molecule has 13 heavy (non-hydrogen) atoms. The molecule has 0 aliphatic carbocycles. The van der Waals surface area contributed by atoms with Crippen molar-refractivity contribution >= 4 is 5.97 Å². The third-order valence-corrected chi connectivity index (χ3v) is 2.75. The Labute approximate surface area is 79.0 Å². The second kappa shape index (κ2) is 4.58. The van der Waals surface area contributed by atoms with Gasteiger partial charge in [-0.15, -0.1) is 0 Å². The Morgan fingerprint density at radius 3 is 2.85 bits per heavy atom. The van der Waals surface area contributed by atoms with Crippen LogP contribution in [0.15, 0.2) is 0 Å². The summed E-state index contributed by atoms with van der Waals surface area (Å²) in [7, 11) is 3.48. The summed E-state index contributed by atoms with van der Waals surface area (Å²) in [6.45, 7) is 2.40. The normalized spacial score (nSPS) is 25.9. The SMILES string of the molecule is COC(=O)C(CN)C1CCN(C)C1. The Hall–Kier alpha value is -0.610. The largest absolute Gasteiger partial charge is 0.469 e. The van der Waals surface area contributed by atoms with Crippen molar-refractivity contribution in [1.82, 2.24) is 4.90 Å². The summed E-state index contributed by atoms with van der Waals surface area (Å²) in [5, 5.41) is 0. The van der Waals surface area contributed by atoms with Gasteiger partial charge in [-0.2, -0.15) is 0 Å². The van der Waals surface area contributed by atoms with Crippen molar-refractivity contribution in [3.05, 3.63) is 0 Å². The quantitative estimate of drug-likeness (QED) is 0.614. The Morgan fingerprint density at radius 2 is 2.46 bits per heavy atom. The van der Waals surface area contributed by atoms with Crippen LogP contribution in [0.3, 0.4) is 0 Å². The molecular formula is C9H18N2O2. The lowest BCUT2D eigenvalue weighted by atomic mass is 9.92. The van der Waals surface area contributed by atoms with Gasteiger partial charge in [0.05, 0.1) is 13.0 Å². The molecule has 0 aromatic heterocycles. The van der Waals surface area contributed by atoms with Crippen LogP contribution < -0.4 is 5.73 Å². The first kappa shape index (κ1) is 10.5. The maximum atomic E-state index is 11.3. The van der Waals surface area contributed by atoms with Crippen molar-refractivity contribution in [2.75, 3.05) is 33.8 Å².